The van der Waals surface area contributed by atoms with Crippen LogP contribution in [0.25, 0.3) is 22.0 Å². The first kappa shape index (κ1) is 16.9. The summed E-state index contributed by atoms with van der Waals surface area (Å²) in [6.07, 6.45) is -1.91. The molecular formula is C21H19F3N2. The minimum absolute atomic E-state index is 0.632. The quantitative estimate of drug-likeness (QED) is 0.574. The fourth-order valence-electron chi connectivity index (χ4n) is 3.59. The molecule has 5 heteroatoms. The third kappa shape index (κ3) is 3.14. The molecular weight excluding hydrogens is 337 g/mol. The second kappa shape index (κ2) is 6.31. The zero-order valence-electron chi connectivity index (χ0n) is 14.5. The van der Waals surface area contributed by atoms with E-state index in [9.17, 15) is 13.2 Å². The Labute approximate surface area is 150 Å². The number of aryl methyl sites for hydroxylation is 1. The molecule has 0 unspecified atom stereocenters. The van der Waals surface area contributed by atoms with Crippen molar-refractivity contribution in [2.45, 2.75) is 25.9 Å². The Morgan fingerprint density at radius 3 is 2.19 bits per heavy atom. The van der Waals surface area contributed by atoms with Crippen LogP contribution in [0.4, 0.5) is 18.9 Å². The highest BCUT2D eigenvalue weighted by Gasteiger charge is 2.30. The number of aromatic nitrogens is 1. The van der Waals surface area contributed by atoms with E-state index in [1.165, 1.54) is 30.7 Å². The van der Waals surface area contributed by atoms with Crippen LogP contribution in [0.3, 0.4) is 0 Å². The molecule has 4 rings (SSSR count). The number of anilines is 1. The van der Waals surface area contributed by atoms with Gasteiger partial charge >= 0.3 is 6.18 Å². The van der Waals surface area contributed by atoms with Gasteiger partial charge in [-0.15, -0.1) is 0 Å². The van der Waals surface area contributed by atoms with Crippen LogP contribution in [-0.4, -0.2) is 18.1 Å². The van der Waals surface area contributed by atoms with E-state index in [1.54, 1.807) is 0 Å². The van der Waals surface area contributed by atoms with Gasteiger partial charge < -0.3 is 4.90 Å². The third-order valence-electron chi connectivity index (χ3n) is 4.91. The molecule has 26 heavy (non-hydrogen) atoms. The number of hydrogen-bond acceptors (Lipinski definition) is 2. The van der Waals surface area contributed by atoms with Crippen LogP contribution in [0.5, 0.6) is 0 Å². The lowest BCUT2D eigenvalue weighted by atomic mass is 10.0. The van der Waals surface area contributed by atoms with Gasteiger partial charge in [-0.05, 0) is 55.2 Å². The Morgan fingerprint density at radius 2 is 1.54 bits per heavy atom. The Bertz CT molecular complexity index is 940. The number of alkyl halides is 3. The molecule has 0 radical (unpaired) electrons. The summed E-state index contributed by atoms with van der Waals surface area (Å²) in [4.78, 5) is 7.03. The van der Waals surface area contributed by atoms with Crippen LogP contribution in [0.1, 0.15) is 24.1 Å². The molecule has 1 fully saturated rings. The molecule has 0 aliphatic carbocycles. The van der Waals surface area contributed by atoms with Crippen molar-refractivity contribution in [2.24, 2.45) is 0 Å². The molecule has 134 valence electrons. The van der Waals surface area contributed by atoms with Crippen molar-refractivity contribution in [3.63, 3.8) is 0 Å². The van der Waals surface area contributed by atoms with Crippen LogP contribution >= 0.6 is 0 Å². The lowest BCUT2D eigenvalue weighted by Crippen LogP contribution is -2.18. The molecule has 0 spiro atoms. The van der Waals surface area contributed by atoms with Crippen molar-refractivity contribution in [1.82, 2.24) is 4.98 Å². The standard InChI is InChI=1S/C21H19F3N2/c1-14-12-20(26-10-2-3-11-26)18-9-6-16(13-19(18)25-14)15-4-7-17(8-5-15)21(22,23)24/h4-9,12-13H,2-3,10-11H2,1H3. The Morgan fingerprint density at radius 1 is 0.885 bits per heavy atom. The molecule has 1 aromatic heterocycles. The van der Waals surface area contributed by atoms with Gasteiger partial charge in [-0.2, -0.15) is 13.2 Å². The van der Waals surface area contributed by atoms with Gasteiger partial charge in [0.15, 0.2) is 0 Å². The monoisotopic (exact) mass is 356 g/mol. The minimum Gasteiger partial charge on any atom is -0.371 e. The molecule has 1 aliphatic heterocycles. The number of benzene rings is 2. The summed E-state index contributed by atoms with van der Waals surface area (Å²) >= 11 is 0. The fourth-order valence-corrected chi connectivity index (χ4v) is 3.59. The maximum absolute atomic E-state index is 12.8. The zero-order valence-corrected chi connectivity index (χ0v) is 14.5. The Kier molecular flexibility index (Phi) is 4.10. The Balaban J connectivity index is 1.76. The average Bonchev–Trinajstić information content (AvgIpc) is 3.14. The third-order valence-corrected chi connectivity index (χ3v) is 4.91. The largest absolute Gasteiger partial charge is 0.416 e. The van der Waals surface area contributed by atoms with Crippen LogP contribution in [0.15, 0.2) is 48.5 Å². The summed E-state index contributed by atoms with van der Waals surface area (Å²) < 4.78 is 38.3. The van der Waals surface area contributed by atoms with Gasteiger partial charge in [0.25, 0.3) is 0 Å². The van der Waals surface area contributed by atoms with Gasteiger partial charge in [-0.3, -0.25) is 4.98 Å². The van der Waals surface area contributed by atoms with Crippen LogP contribution in [-0.2, 0) is 6.18 Å². The average molecular weight is 356 g/mol. The molecule has 0 saturated carbocycles. The highest BCUT2D eigenvalue weighted by molar-refractivity contribution is 5.94. The lowest BCUT2D eigenvalue weighted by Gasteiger charge is -2.20. The summed E-state index contributed by atoms with van der Waals surface area (Å²) in [6.45, 7) is 4.09. The van der Waals surface area contributed by atoms with Crippen LogP contribution < -0.4 is 4.90 Å². The highest BCUT2D eigenvalue weighted by atomic mass is 19.4. The predicted octanol–water partition coefficient (Wildman–Crippen LogP) is 5.83. The van der Waals surface area contributed by atoms with Crippen LogP contribution in [0.2, 0.25) is 0 Å². The van der Waals surface area contributed by atoms with Gasteiger partial charge in [-0.1, -0.05) is 24.3 Å². The summed E-state index contributed by atoms with van der Waals surface area (Å²) in [7, 11) is 0. The Hall–Kier alpha value is -2.56. The fraction of sp³-hybridized carbons (Fsp3) is 0.286. The van der Waals surface area contributed by atoms with E-state index in [0.29, 0.717) is 0 Å². The summed E-state index contributed by atoms with van der Waals surface area (Å²) in [5.74, 6) is 0. The van der Waals surface area contributed by atoms with Gasteiger partial charge in [0, 0.05) is 29.9 Å². The topological polar surface area (TPSA) is 16.1 Å². The minimum atomic E-state index is -4.31. The first-order valence-corrected chi connectivity index (χ1v) is 8.76. The first-order valence-electron chi connectivity index (χ1n) is 8.76. The number of nitrogens with zero attached hydrogens (tertiary/aromatic N) is 2. The molecule has 1 aliphatic rings. The normalized spacial score (nSPS) is 15.0. The molecule has 0 N–H and O–H groups in total. The molecule has 0 atom stereocenters. The van der Waals surface area contributed by atoms with Crippen molar-refractivity contribution in [3.8, 4) is 11.1 Å². The summed E-state index contributed by atoms with van der Waals surface area (Å²) in [5.41, 5.74) is 4.02. The van der Waals surface area contributed by atoms with Gasteiger partial charge in [0.1, 0.15) is 0 Å². The molecule has 2 nitrogen and oxygen atoms in total. The SMILES string of the molecule is Cc1cc(N2CCCC2)c2ccc(-c3ccc(C(F)(F)F)cc3)cc2n1. The molecule has 2 heterocycles. The molecule has 0 bridgehead atoms. The van der Waals surface area contributed by atoms with E-state index in [4.69, 9.17) is 0 Å². The maximum atomic E-state index is 12.8. The van der Waals surface area contributed by atoms with Crippen molar-refractivity contribution in [3.05, 3.63) is 59.8 Å². The molecule has 0 amide bonds. The van der Waals surface area contributed by atoms with Crippen molar-refractivity contribution >= 4 is 16.6 Å². The predicted molar refractivity (Wildman–Crippen MR) is 98.4 cm³/mol. The smallest absolute Gasteiger partial charge is 0.371 e. The molecule has 1 saturated heterocycles. The van der Waals surface area contributed by atoms with E-state index in [-0.39, 0.29) is 0 Å². The van der Waals surface area contributed by atoms with Crippen LogP contribution in [0, 0.1) is 6.92 Å². The highest BCUT2D eigenvalue weighted by Crippen LogP contribution is 2.34. The summed E-state index contributed by atoms with van der Waals surface area (Å²) in [6, 6.07) is 13.3. The van der Waals surface area contributed by atoms with E-state index in [0.717, 1.165) is 52.9 Å². The van der Waals surface area contributed by atoms with Gasteiger partial charge in [0.2, 0.25) is 0 Å². The zero-order chi connectivity index (χ0) is 18.3. The number of pyridine rings is 1. The second-order valence-corrected chi connectivity index (χ2v) is 6.78. The van der Waals surface area contributed by atoms with E-state index in [2.05, 4.69) is 16.0 Å². The second-order valence-electron chi connectivity index (χ2n) is 6.78. The van der Waals surface area contributed by atoms with Crippen molar-refractivity contribution < 1.29 is 13.2 Å². The maximum Gasteiger partial charge on any atom is 0.416 e. The van der Waals surface area contributed by atoms with E-state index in [1.807, 2.05) is 25.1 Å². The summed E-state index contributed by atoms with van der Waals surface area (Å²) in [5, 5.41) is 1.09. The number of hydrogen-bond donors (Lipinski definition) is 0. The van der Waals surface area contributed by atoms with Gasteiger partial charge in [-0.25, -0.2) is 0 Å². The number of halogens is 3. The molecule has 3 aromatic rings. The molecule has 2 aromatic carbocycles. The lowest BCUT2D eigenvalue weighted by molar-refractivity contribution is -0.137. The number of rotatable bonds is 2. The van der Waals surface area contributed by atoms with Gasteiger partial charge in [0.05, 0.1) is 11.1 Å². The number of fused-ring (bicyclic) bond motifs is 1. The van der Waals surface area contributed by atoms with E-state index >= 15 is 0 Å². The van der Waals surface area contributed by atoms with Crippen molar-refractivity contribution in [2.75, 3.05) is 18.0 Å². The van der Waals surface area contributed by atoms with Crippen molar-refractivity contribution in [1.29, 1.82) is 0 Å². The van der Waals surface area contributed by atoms with E-state index < -0.39 is 11.7 Å². The first-order chi connectivity index (χ1) is 12.4.